The van der Waals surface area contributed by atoms with Gasteiger partial charge >= 0.3 is 0 Å². The first-order valence-electron chi connectivity index (χ1n) is 10.1. The van der Waals surface area contributed by atoms with Crippen molar-refractivity contribution >= 4 is 40.5 Å². The van der Waals surface area contributed by atoms with Gasteiger partial charge in [-0.1, -0.05) is 47.5 Å². The molecular weight excluding hydrogens is 479 g/mol. The molecule has 172 valence electrons. The van der Waals surface area contributed by atoms with Crippen LogP contribution in [0.15, 0.2) is 79.1 Å². The van der Waals surface area contributed by atoms with Crippen molar-refractivity contribution in [3.63, 3.8) is 0 Å². The summed E-state index contributed by atoms with van der Waals surface area (Å²) in [7, 11) is 0. The topological polar surface area (TPSA) is 99.3 Å². The average Bonchev–Trinajstić information content (AvgIpc) is 3.26. The van der Waals surface area contributed by atoms with Gasteiger partial charge in [-0.05, 0) is 41.5 Å². The van der Waals surface area contributed by atoms with Gasteiger partial charge in [0.15, 0.2) is 0 Å². The quantitative estimate of drug-likeness (QED) is 0.239. The summed E-state index contributed by atoms with van der Waals surface area (Å²) >= 11 is 12.0. The number of nitrogens with zero attached hydrogens (tertiary/aromatic N) is 3. The summed E-state index contributed by atoms with van der Waals surface area (Å²) in [6.45, 7) is 0.747. The van der Waals surface area contributed by atoms with Crippen LogP contribution in [0.25, 0.3) is 0 Å². The van der Waals surface area contributed by atoms with Gasteiger partial charge in [-0.2, -0.15) is 5.10 Å². The number of nitro benzene ring substituents is 1. The molecule has 4 rings (SSSR count). The monoisotopic (exact) mass is 496 g/mol. The lowest BCUT2D eigenvalue weighted by Crippen LogP contribution is -2.11. The summed E-state index contributed by atoms with van der Waals surface area (Å²) in [6, 6.07) is 18.4. The summed E-state index contributed by atoms with van der Waals surface area (Å²) in [5, 5.41) is 18.7. The molecule has 0 saturated carbocycles. The van der Waals surface area contributed by atoms with Crippen molar-refractivity contribution in [2.24, 2.45) is 0 Å². The number of amides is 1. The van der Waals surface area contributed by atoms with Gasteiger partial charge in [0.1, 0.15) is 12.4 Å². The number of nitrogens with one attached hydrogen (secondary N) is 1. The van der Waals surface area contributed by atoms with Crippen molar-refractivity contribution in [3.05, 3.63) is 116 Å². The van der Waals surface area contributed by atoms with Crippen LogP contribution in [0.5, 0.6) is 5.75 Å². The van der Waals surface area contributed by atoms with Gasteiger partial charge in [0.05, 0.1) is 28.4 Å². The first-order chi connectivity index (χ1) is 16.4. The number of non-ortho nitro benzene ring substituents is 1. The largest absolute Gasteiger partial charge is 0.487 e. The molecule has 0 radical (unpaired) electrons. The summed E-state index contributed by atoms with van der Waals surface area (Å²) < 4.78 is 7.36. The fourth-order valence-electron chi connectivity index (χ4n) is 3.13. The molecule has 0 saturated heterocycles. The molecule has 0 aliphatic heterocycles. The fourth-order valence-corrected chi connectivity index (χ4v) is 3.48. The minimum atomic E-state index is -0.524. The van der Waals surface area contributed by atoms with Gasteiger partial charge in [-0.15, -0.1) is 0 Å². The second-order valence-corrected chi connectivity index (χ2v) is 8.21. The molecule has 0 atom stereocenters. The number of hydrogen-bond acceptors (Lipinski definition) is 5. The lowest BCUT2D eigenvalue weighted by Gasteiger charge is -2.09. The van der Waals surface area contributed by atoms with Crippen molar-refractivity contribution in [3.8, 4) is 5.75 Å². The van der Waals surface area contributed by atoms with E-state index in [1.165, 1.54) is 18.2 Å². The fraction of sp³-hybridized carbons (Fsp3) is 0.0833. The molecule has 10 heteroatoms. The minimum Gasteiger partial charge on any atom is -0.487 e. The number of carbonyl (C=O) groups is 1. The number of carbonyl (C=O) groups excluding carboxylic acids is 1. The first-order valence-corrected chi connectivity index (χ1v) is 10.9. The molecule has 1 aromatic heterocycles. The number of hydrogen-bond donors (Lipinski definition) is 1. The number of aromatic nitrogens is 2. The standard InChI is InChI=1S/C24H18Cl2N4O4/c25-19-7-3-16(4-8-19)13-29-14-20(12-27-29)28-24(31)18-5-1-17(2-6-18)15-34-23-10-9-21(30(32)33)11-22(23)26/h1-12,14H,13,15H2,(H,28,31). The van der Waals surface area contributed by atoms with E-state index < -0.39 is 4.92 Å². The van der Waals surface area contributed by atoms with Gasteiger partial charge < -0.3 is 10.1 Å². The maximum atomic E-state index is 12.6. The molecule has 0 bridgehead atoms. The second kappa shape index (κ2) is 10.4. The molecule has 0 fully saturated rings. The van der Waals surface area contributed by atoms with Crippen LogP contribution in [0.1, 0.15) is 21.5 Å². The molecule has 1 N–H and O–H groups in total. The van der Waals surface area contributed by atoms with E-state index in [1.54, 1.807) is 41.3 Å². The van der Waals surface area contributed by atoms with E-state index in [0.29, 0.717) is 28.6 Å². The van der Waals surface area contributed by atoms with Gasteiger partial charge in [-0.25, -0.2) is 0 Å². The van der Waals surface area contributed by atoms with Crippen molar-refractivity contribution in [2.45, 2.75) is 13.2 Å². The number of nitro groups is 1. The Kier molecular flexibility index (Phi) is 7.10. The smallest absolute Gasteiger partial charge is 0.271 e. The van der Waals surface area contributed by atoms with E-state index in [1.807, 2.05) is 24.3 Å². The van der Waals surface area contributed by atoms with Crippen LogP contribution in [-0.4, -0.2) is 20.6 Å². The van der Waals surface area contributed by atoms with E-state index in [0.717, 1.165) is 11.1 Å². The van der Waals surface area contributed by atoms with Crippen molar-refractivity contribution in [2.75, 3.05) is 5.32 Å². The van der Waals surface area contributed by atoms with Gasteiger partial charge in [0.2, 0.25) is 0 Å². The zero-order valence-electron chi connectivity index (χ0n) is 17.7. The van der Waals surface area contributed by atoms with E-state index in [2.05, 4.69) is 10.4 Å². The average molecular weight is 497 g/mol. The summed E-state index contributed by atoms with van der Waals surface area (Å²) in [5.41, 5.74) is 2.80. The number of benzene rings is 3. The van der Waals surface area contributed by atoms with Crippen LogP contribution in [0.4, 0.5) is 11.4 Å². The molecule has 1 heterocycles. The third kappa shape index (κ3) is 5.92. The van der Waals surface area contributed by atoms with Crippen molar-refractivity contribution in [1.29, 1.82) is 0 Å². The maximum Gasteiger partial charge on any atom is 0.271 e. The molecule has 1 amide bonds. The van der Waals surface area contributed by atoms with Crippen LogP contribution in [0.2, 0.25) is 10.0 Å². The molecular formula is C24H18Cl2N4O4. The second-order valence-electron chi connectivity index (χ2n) is 7.36. The van der Waals surface area contributed by atoms with Gasteiger partial charge in [0, 0.05) is 28.9 Å². The van der Waals surface area contributed by atoms with Crippen molar-refractivity contribution < 1.29 is 14.5 Å². The summed E-state index contributed by atoms with van der Waals surface area (Å²) in [5.74, 6) is 0.0709. The highest BCUT2D eigenvalue weighted by atomic mass is 35.5. The Bertz CT molecular complexity index is 1320. The Hall–Kier alpha value is -3.88. The predicted molar refractivity (Wildman–Crippen MR) is 130 cm³/mol. The molecule has 0 unspecified atom stereocenters. The van der Waals surface area contributed by atoms with E-state index >= 15 is 0 Å². The molecule has 4 aromatic rings. The van der Waals surface area contributed by atoms with E-state index in [-0.39, 0.29) is 23.2 Å². The van der Waals surface area contributed by atoms with Gasteiger partial charge in [-0.3, -0.25) is 19.6 Å². The summed E-state index contributed by atoms with van der Waals surface area (Å²) in [6.07, 6.45) is 3.34. The number of ether oxygens (including phenoxy) is 1. The molecule has 0 aliphatic rings. The minimum absolute atomic E-state index is 0.108. The van der Waals surface area contributed by atoms with E-state index in [4.69, 9.17) is 27.9 Å². The summed E-state index contributed by atoms with van der Waals surface area (Å²) in [4.78, 5) is 22.8. The zero-order valence-corrected chi connectivity index (χ0v) is 19.2. The molecule has 3 aromatic carbocycles. The van der Waals surface area contributed by atoms with Crippen LogP contribution in [0, 0.1) is 10.1 Å². The Labute approximate surface area is 204 Å². The first kappa shape index (κ1) is 23.3. The molecule has 34 heavy (non-hydrogen) atoms. The predicted octanol–water partition coefficient (Wildman–Crippen LogP) is 5.98. The van der Waals surface area contributed by atoms with Crippen LogP contribution in [0.3, 0.4) is 0 Å². The Morgan fingerprint density at radius 2 is 1.74 bits per heavy atom. The molecule has 0 aliphatic carbocycles. The number of rotatable bonds is 8. The highest BCUT2D eigenvalue weighted by Gasteiger charge is 2.11. The Morgan fingerprint density at radius 1 is 1.03 bits per heavy atom. The highest BCUT2D eigenvalue weighted by molar-refractivity contribution is 6.32. The van der Waals surface area contributed by atoms with E-state index in [9.17, 15) is 14.9 Å². The number of halogens is 2. The van der Waals surface area contributed by atoms with Crippen molar-refractivity contribution in [1.82, 2.24) is 9.78 Å². The highest BCUT2D eigenvalue weighted by Crippen LogP contribution is 2.29. The normalized spacial score (nSPS) is 10.6. The number of anilines is 1. The van der Waals surface area contributed by atoms with Crippen LogP contribution >= 0.6 is 23.2 Å². The maximum absolute atomic E-state index is 12.6. The zero-order chi connectivity index (χ0) is 24.1. The van der Waals surface area contributed by atoms with Crippen LogP contribution in [-0.2, 0) is 13.2 Å². The van der Waals surface area contributed by atoms with Crippen LogP contribution < -0.4 is 10.1 Å². The SMILES string of the molecule is O=C(Nc1cnn(Cc2ccc(Cl)cc2)c1)c1ccc(COc2ccc([N+](=O)[O-])cc2Cl)cc1. The Balaban J connectivity index is 1.32. The third-order valence-electron chi connectivity index (χ3n) is 4.89. The molecule has 0 spiro atoms. The third-order valence-corrected chi connectivity index (χ3v) is 5.43. The lowest BCUT2D eigenvalue weighted by molar-refractivity contribution is -0.384. The lowest BCUT2D eigenvalue weighted by atomic mass is 10.1. The van der Waals surface area contributed by atoms with Gasteiger partial charge in [0.25, 0.3) is 11.6 Å². The Morgan fingerprint density at radius 3 is 2.41 bits per heavy atom. The molecule has 8 nitrogen and oxygen atoms in total.